The Morgan fingerprint density at radius 1 is 1.08 bits per heavy atom. The van der Waals surface area contributed by atoms with Gasteiger partial charge in [0.25, 0.3) is 5.91 Å². The molecule has 0 aromatic heterocycles. The molecule has 25 heavy (non-hydrogen) atoms. The molecule has 1 aromatic rings. The fraction of sp³-hybridized carbons (Fsp3) is 0.438. The van der Waals surface area contributed by atoms with Crippen LogP contribution in [0.15, 0.2) is 24.3 Å². The van der Waals surface area contributed by atoms with Gasteiger partial charge in [0.2, 0.25) is 0 Å². The molecule has 1 atom stereocenters. The van der Waals surface area contributed by atoms with Gasteiger partial charge in [-0.1, -0.05) is 12.1 Å². The first kappa shape index (κ1) is 20.6. The van der Waals surface area contributed by atoms with Crippen LogP contribution in [0.25, 0.3) is 0 Å². The molecule has 0 saturated heterocycles. The van der Waals surface area contributed by atoms with Crippen molar-refractivity contribution in [1.82, 2.24) is 10.6 Å². The Morgan fingerprint density at radius 2 is 1.64 bits per heavy atom. The van der Waals surface area contributed by atoms with Crippen LogP contribution in [0.3, 0.4) is 0 Å². The molecule has 0 bridgehead atoms. The highest BCUT2D eigenvalue weighted by Gasteiger charge is 2.21. The van der Waals surface area contributed by atoms with Crippen molar-refractivity contribution in [3.05, 3.63) is 35.4 Å². The second-order valence-electron chi connectivity index (χ2n) is 5.93. The van der Waals surface area contributed by atoms with Gasteiger partial charge in [-0.05, 0) is 38.5 Å². The number of carbonyl (C=O) groups excluding carboxylic acids is 3. The van der Waals surface area contributed by atoms with E-state index in [4.69, 9.17) is 4.74 Å². The summed E-state index contributed by atoms with van der Waals surface area (Å²) in [6.07, 6.45) is -0.0497. The molecule has 2 N–H and O–H groups in total. The second-order valence-corrected chi connectivity index (χ2v) is 8.07. The molecule has 0 aliphatic rings. The third kappa shape index (κ3) is 7.79. The van der Waals surface area contributed by atoms with Crippen molar-refractivity contribution < 1.29 is 27.5 Å². The van der Waals surface area contributed by atoms with Gasteiger partial charge in [-0.15, -0.1) is 0 Å². The lowest BCUT2D eigenvalue weighted by atomic mass is 10.1. The molecule has 0 spiro atoms. The highest BCUT2D eigenvalue weighted by Crippen LogP contribution is 2.10. The monoisotopic (exact) mass is 370 g/mol. The van der Waals surface area contributed by atoms with E-state index in [1.165, 1.54) is 31.2 Å². The summed E-state index contributed by atoms with van der Waals surface area (Å²) in [5.74, 6) is -1.63. The van der Waals surface area contributed by atoms with Crippen LogP contribution in [-0.2, 0) is 25.1 Å². The minimum Gasteiger partial charge on any atom is -0.449 e. The molecule has 1 rings (SSSR count). The summed E-state index contributed by atoms with van der Waals surface area (Å²) < 4.78 is 27.4. The molecule has 9 heteroatoms. The van der Waals surface area contributed by atoms with E-state index in [-0.39, 0.29) is 17.4 Å². The van der Waals surface area contributed by atoms with Crippen LogP contribution < -0.4 is 10.6 Å². The maximum Gasteiger partial charge on any atom is 0.338 e. The van der Waals surface area contributed by atoms with E-state index >= 15 is 0 Å². The van der Waals surface area contributed by atoms with Crippen molar-refractivity contribution in [3.63, 3.8) is 0 Å². The zero-order chi connectivity index (χ0) is 19.2. The Morgan fingerprint density at radius 3 is 2.12 bits per heavy atom. The van der Waals surface area contributed by atoms with Crippen molar-refractivity contribution in [3.8, 4) is 0 Å². The number of nitrogens with one attached hydrogen (secondary N) is 2. The molecule has 0 fully saturated rings. The number of imide groups is 1. The number of ether oxygens (including phenoxy) is 1. The first-order chi connectivity index (χ1) is 11.5. The van der Waals surface area contributed by atoms with E-state index < -0.39 is 33.8 Å². The zero-order valence-electron chi connectivity index (χ0n) is 14.5. The van der Waals surface area contributed by atoms with Gasteiger partial charge in [0.15, 0.2) is 15.9 Å². The van der Waals surface area contributed by atoms with Crippen molar-refractivity contribution in [2.75, 3.05) is 6.26 Å². The first-order valence-electron chi connectivity index (χ1n) is 7.57. The number of hydrogen-bond donors (Lipinski definition) is 2. The molecule has 8 nitrogen and oxygen atoms in total. The number of esters is 1. The van der Waals surface area contributed by atoms with Crippen LogP contribution in [0.2, 0.25) is 0 Å². The number of carbonyl (C=O) groups is 3. The van der Waals surface area contributed by atoms with Crippen LogP contribution >= 0.6 is 0 Å². The van der Waals surface area contributed by atoms with E-state index in [1.54, 1.807) is 13.8 Å². The molecule has 0 heterocycles. The SMILES string of the molecule is CC(C)NC(=O)NC(=O)[C@H](C)OC(=O)c1ccc(CS(C)(=O)=O)cc1. The number of hydrogen-bond acceptors (Lipinski definition) is 6. The van der Waals surface area contributed by atoms with Crippen molar-refractivity contribution in [1.29, 1.82) is 0 Å². The van der Waals surface area contributed by atoms with E-state index in [2.05, 4.69) is 10.6 Å². The van der Waals surface area contributed by atoms with Gasteiger partial charge in [-0.25, -0.2) is 18.0 Å². The minimum atomic E-state index is -3.17. The van der Waals surface area contributed by atoms with Gasteiger partial charge >= 0.3 is 12.0 Å². The Bertz CT molecular complexity index is 740. The highest BCUT2D eigenvalue weighted by molar-refractivity contribution is 7.89. The van der Waals surface area contributed by atoms with Crippen LogP contribution in [0.4, 0.5) is 4.79 Å². The summed E-state index contributed by atoms with van der Waals surface area (Å²) in [6, 6.07) is 5.01. The number of rotatable bonds is 6. The largest absolute Gasteiger partial charge is 0.449 e. The lowest BCUT2D eigenvalue weighted by Gasteiger charge is -2.14. The Balaban J connectivity index is 2.62. The minimum absolute atomic E-state index is 0.133. The van der Waals surface area contributed by atoms with Gasteiger partial charge in [-0.2, -0.15) is 0 Å². The molecule has 0 saturated carbocycles. The predicted molar refractivity (Wildman–Crippen MR) is 91.7 cm³/mol. The Hall–Kier alpha value is -2.42. The van der Waals surface area contributed by atoms with E-state index in [1.807, 2.05) is 0 Å². The van der Waals surface area contributed by atoms with Crippen LogP contribution in [0, 0.1) is 0 Å². The zero-order valence-corrected chi connectivity index (χ0v) is 15.3. The predicted octanol–water partition coefficient (Wildman–Crippen LogP) is 1.01. The average molecular weight is 370 g/mol. The Labute approximate surface area is 146 Å². The van der Waals surface area contributed by atoms with E-state index in [0.717, 1.165) is 6.26 Å². The van der Waals surface area contributed by atoms with Gasteiger partial charge in [0, 0.05) is 12.3 Å². The molecule has 0 aliphatic carbocycles. The topological polar surface area (TPSA) is 119 Å². The highest BCUT2D eigenvalue weighted by atomic mass is 32.2. The summed E-state index contributed by atoms with van der Waals surface area (Å²) in [7, 11) is -3.17. The summed E-state index contributed by atoms with van der Waals surface area (Å²) in [5.41, 5.74) is 0.707. The molecule has 0 unspecified atom stereocenters. The fourth-order valence-electron chi connectivity index (χ4n) is 1.83. The van der Waals surface area contributed by atoms with Gasteiger partial charge in [0.1, 0.15) is 0 Å². The third-order valence-electron chi connectivity index (χ3n) is 2.93. The van der Waals surface area contributed by atoms with Crippen molar-refractivity contribution >= 4 is 27.7 Å². The van der Waals surface area contributed by atoms with Gasteiger partial charge in [0.05, 0.1) is 11.3 Å². The van der Waals surface area contributed by atoms with Gasteiger partial charge in [-0.3, -0.25) is 10.1 Å². The standard InChI is InChI=1S/C16H22N2O6S/c1-10(2)17-16(21)18-14(19)11(3)24-15(20)13-7-5-12(6-8-13)9-25(4,22)23/h5-8,10-11H,9H2,1-4H3,(H2,17,18,19,21)/t11-/m0/s1. The number of urea groups is 1. The van der Waals surface area contributed by atoms with E-state index in [0.29, 0.717) is 5.56 Å². The summed E-state index contributed by atoms with van der Waals surface area (Å²) >= 11 is 0. The maximum atomic E-state index is 12.0. The summed E-state index contributed by atoms with van der Waals surface area (Å²) in [5, 5.41) is 4.55. The second kappa shape index (κ2) is 8.61. The first-order valence-corrected chi connectivity index (χ1v) is 9.63. The normalized spacial score (nSPS) is 12.4. The molecule has 3 amide bonds. The van der Waals surface area contributed by atoms with Crippen LogP contribution in [0.5, 0.6) is 0 Å². The maximum absolute atomic E-state index is 12.0. The Kier molecular flexibility index (Phi) is 7.10. The lowest BCUT2D eigenvalue weighted by molar-refractivity contribution is -0.127. The summed E-state index contributed by atoms with van der Waals surface area (Å²) in [4.78, 5) is 35.2. The quantitative estimate of drug-likeness (QED) is 0.722. The molecule has 0 aliphatic heterocycles. The molecular formula is C16H22N2O6S. The molecular weight excluding hydrogens is 348 g/mol. The average Bonchev–Trinajstić information content (AvgIpc) is 2.45. The molecule has 1 aromatic carbocycles. The van der Waals surface area contributed by atoms with Crippen molar-refractivity contribution in [2.24, 2.45) is 0 Å². The van der Waals surface area contributed by atoms with Crippen LogP contribution in [-0.4, -0.2) is 44.7 Å². The molecule has 0 radical (unpaired) electrons. The van der Waals surface area contributed by atoms with Crippen molar-refractivity contribution in [2.45, 2.75) is 38.7 Å². The summed E-state index contributed by atoms with van der Waals surface area (Å²) in [6.45, 7) is 4.82. The fourth-order valence-corrected chi connectivity index (χ4v) is 2.63. The van der Waals surface area contributed by atoms with Crippen LogP contribution in [0.1, 0.15) is 36.7 Å². The number of benzene rings is 1. The number of amides is 3. The number of sulfone groups is 1. The molecule has 138 valence electrons. The van der Waals surface area contributed by atoms with Gasteiger partial charge < -0.3 is 10.1 Å². The smallest absolute Gasteiger partial charge is 0.338 e. The lowest BCUT2D eigenvalue weighted by Crippen LogP contribution is -2.46. The van der Waals surface area contributed by atoms with E-state index in [9.17, 15) is 22.8 Å². The third-order valence-corrected chi connectivity index (χ3v) is 3.79.